The molecule has 1 aliphatic carbocycles. The van der Waals surface area contributed by atoms with E-state index < -0.39 is 0 Å². The molecule has 6 nitrogen and oxygen atoms in total. The number of nitrogens with zero attached hydrogens (tertiary/aromatic N) is 2. The standard InChI is InChI=1S/C18H19N3O3/c1-11-9-16(20-24-11)19-17(22)13-10-14(13)18(23)21-8-4-6-12-5-2-3-7-15(12)21/h2-3,5,7,9,13-14H,4,6,8,10H2,1H3,(H,19,20,22). The Balaban J connectivity index is 1.43. The van der Waals surface area contributed by atoms with Gasteiger partial charge in [-0.1, -0.05) is 23.4 Å². The van der Waals surface area contributed by atoms with E-state index in [1.807, 2.05) is 23.1 Å². The third-order valence-corrected chi connectivity index (χ3v) is 4.70. The van der Waals surface area contributed by atoms with Crippen LogP contribution in [0.3, 0.4) is 0 Å². The first kappa shape index (κ1) is 14.9. The second kappa shape index (κ2) is 5.78. The Morgan fingerprint density at radius 2 is 2.12 bits per heavy atom. The van der Waals surface area contributed by atoms with Gasteiger partial charge in [-0.05, 0) is 37.8 Å². The number of carbonyl (C=O) groups is 2. The van der Waals surface area contributed by atoms with Gasteiger partial charge in [-0.15, -0.1) is 0 Å². The highest BCUT2D eigenvalue weighted by Gasteiger charge is 2.50. The lowest BCUT2D eigenvalue weighted by atomic mass is 10.0. The molecule has 2 unspecified atom stereocenters. The minimum absolute atomic E-state index is 0.0543. The summed E-state index contributed by atoms with van der Waals surface area (Å²) in [4.78, 5) is 26.9. The fraction of sp³-hybridized carbons (Fsp3) is 0.389. The van der Waals surface area contributed by atoms with Crippen LogP contribution in [0, 0.1) is 18.8 Å². The zero-order valence-corrected chi connectivity index (χ0v) is 13.5. The summed E-state index contributed by atoms with van der Waals surface area (Å²) in [6.45, 7) is 2.49. The van der Waals surface area contributed by atoms with E-state index in [1.165, 1.54) is 5.56 Å². The van der Waals surface area contributed by atoms with E-state index in [0.717, 1.165) is 25.1 Å². The predicted molar refractivity (Wildman–Crippen MR) is 88.6 cm³/mol. The van der Waals surface area contributed by atoms with Gasteiger partial charge in [-0.3, -0.25) is 9.59 Å². The molecule has 0 bridgehead atoms. The molecular weight excluding hydrogens is 306 g/mol. The molecule has 1 saturated carbocycles. The van der Waals surface area contributed by atoms with Gasteiger partial charge in [0.15, 0.2) is 5.82 Å². The normalized spacial score (nSPS) is 22.0. The Labute approximate surface area is 139 Å². The highest BCUT2D eigenvalue weighted by atomic mass is 16.5. The topological polar surface area (TPSA) is 75.4 Å². The van der Waals surface area contributed by atoms with E-state index in [9.17, 15) is 9.59 Å². The predicted octanol–water partition coefficient (Wildman–Crippen LogP) is 2.54. The van der Waals surface area contributed by atoms with Crippen LogP contribution < -0.4 is 10.2 Å². The third-order valence-electron chi connectivity index (χ3n) is 4.70. The average Bonchev–Trinajstić information content (AvgIpc) is 3.30. The Morgan fingerprint density at radius 3 is 2.92 bits per heavy atom. The molecular formula is C18H19N3O3. The molecule has 0 radical (unpaired) electrons. The van der Waals surface area contributed by atoms with Crippen molar-refractivity contribution < 1.29 is 14.1 Å². The molecule has 24 heavy (non-hydrogen) atoms. The largest absolute Gasteiger partial charge is 0.360 e. The van der Waals surface area contributed by atoms with E-state index >= 15 is 0 Å². The van der Waals surface area contributed by atoms with Crippen molar-refractivity contribution in [2.75, 3.05) is 16.8 Å². The summed E-state index contributed by atoms with van der Waals surface area (Å²) in [5, 5.41) is 6.47. The number of fused-ring (bicyclic) bond motifs is 1. The van der Waals surface area contributed by atoms with Crippen LogP contribution >= 0.6 is 0 Å². The number of nitrogens with one attached hydrogen (secondary N) is 1. The monoisotopic (exact) mass is 325 g/mol. The summed E-state index contributed by atoms with van der Waals surface area (Å²) in [5.41, 5.74) is 2.20. The van der Waals surface area contributed by atoms with E-state index in [4.69, 9.17) is 4.52 Å². The van der Waals surface area contributed by atoms with Crippen LogP contribution in [0.15, 0.2) is 34.9 Å². The van der Waals surface area contributed by atoms with Gasteiger partial charge in [0.1, 0.15) is 5.76 Å². The number of amides is 2. The number of para-hydroxylation sites is 1. The first-order valence-corrected chi connectivity index (χ1v) is 8.27. The van der Waals surface area contributed by atoms with Gasteiger partial charge >= 0.3 is 0 Å². The van der Waals surface area contributed by atoms with Crippen molar-refractivity contribution in [3.05, 3.63) is 41.7 Å². The Kier molecular flexibility index (Phi) is 3.59. The van der Waals surface area contributed by atoms with Crippen LogP contribution in [0.1, 0.15) is 24.2 Å². The molecule has 6 heteroatoms. The van der Waals surface area contributed by atoms with Crippen molar-refractivity contribution in [3.8, 4) is 0 Å². The maximum atomic E-state index is 12.8. The van der Waals surface area contributed by atoms with Crippen molar-refractivity contribution in [1.29, 1.82) is 0 Å². The van der Waals surface area contributed by atoms with Gasteiger partial charge < -0.3 is 14.7 Å². The molecule has 1 aromatic heterocycles. The van der Waals surface area contributed by atoms with Crippen molar-refractivity contribution >= 4 is 23.3 Å². The van der Waals surface area contributed by atoms with Crippen LogP contribution in [0.4, 0.5) is 11.5 Å². The lowest BCUT2D eigenvalue weighted by molar-refractivity contribution is -0.123. The minimum atomic E-state index is -0.274. The molecule has 4 rings (SSSR count). The molecule has 2 amide bonds. The molecule has 1 fully saturated rings. The number of benzene rings is 1. The lowest BCUT2D eigenvalue weighted by Crippen LogP contribution is -2.37. The summed E-state index contributed by atoms with van der Waals surface area (Å²) in [6.07, 6.45) is 2.56. The molecule has 2 aliphatic rings. The van der Waals surface area contributed by atoms with Crippen LogP contribution in [-0.2, 0) is 16.0 Å². The van der Waals surface area contributed by atoms with Crippen molar-refractivity contribution in [1.82, 2.24) is 5.16 Å². The molecule has 0 saturated heterocycles. The Morgan fingerprint density at radius 1 is 1.29 bits per heavy atom. The number of carbonyl (C=O) groups excluding carboxylic acids is 2. The first-order chi connectivity index (χ1) is 11.6. The summed E-state index contributed by atoms with van der Waals surface area (Å²) >= 11 is 0. The highest BCUT2D eigenvalue weighted by molar-refractivity contribution is 6.04. The number of aromatic nitrogens is 1. The summed E-state index contributed by atoms with van der Waals surface area (Å²) < 4.78 is 4.93. The summed E-state index contributed by atoms with van der Waals surface area (Å²) in [5.74, 6) is 0.427. The fourth-order valence-electron chi connectivity index (χ4n) is 3.36. The van der Waals surface area contributed by atoms with E-state index in [1.54, 1.807) is 13.0 Å². The van der Waals surface area contributed by atoms with Gasteiger partial charge in [0, 0.05) is 18.3 Å². The number of aryl methyl sites for hydroxylation is 2. The van der Waals surface area contributed by atoms with Gasteiger partial charge in [-0.25, -0.2) is 0 Å². The zero-order chi connectivity index (χ0) is 16.7. The molecule has 2 heterocycles. The van der Waals surface area contributed by atoms with Crippen LogP contribution in [-0.4, -0.2) is 23.5 Å². The van der Waals surface area contributed by atoms with Gasteiger partial charge in [0.2, 0.25) is 11.8 Å². The number of hydrogen-bond acceptors (Lipinski definition) is 4. The minimum Gasteiger partial charge on any atom is -0.360 e. The van der Waals surface area contributed by atoms with Crippen molar-refractivity contribution in [3.63, 3.8) is 0 Å². The first-order valence-electron chi connectivity index (χ1n) is 8.27. The molecule has 1 aromatic carbocycles. The zero-order valence-electron chi connectivity index (χ0n) is 13.5. The Hall–Kier alpha value is -2.63. The van der Waals surface area contributed by atoms with Gasteiger partial charge in [0.05, 0.1) is 11.8 Å². The van der Waals surface area contributed by atoms with Crippen LogP contribution in [0.2, 0.25) is 0 Å². The average molecular weight is 325 g/mol. The maximum Gasteiger partial charge on any atom is 0.230 e. The Bertz CT molecular complexity index is 798. The molecule has 1 N–H and O–H groups in total. The summed E-state index contributed by atoms with van der Waals surface area (Å²) in [6, 6.07) is 9.67. The third kappa shape index (κ3) is 2.68. The van der Waals surface area contributed by atoms with Gasteiger partial charge in [0.25, 0.3) is 0 Å². The lowest BCUT2D eigenvalue weighted by Gasteiger charge is -2.29. The van der Waals surface area contributed by atoms with Gasteiger partial charge in [-0.2, -0.15) is 0 Å². The second-order valence-corrected chi connectivity index (χ2v) is 6.48. The molecule has 1 aliphatic heterocycles. The fourth-order valence-corrected chi connectivity index (χ4v) is 3.36. The van der Waals surface area contributed by atoms with Crippen LogP contribution in [0.25, 0.3) is 0 Å². The molecule has 124 valence electrons. The van der Waals surface area contributed by atoms with Crippen molar-refractivity contribution in [2.45, 2.75) is 26.2 Å². The smallest absolute Gasteiger partial charge is 0.230 e. The molecule has 0 spiro atoms. The quantitative estimate of drug-likeness (QED) is 0.941. The molecule has 2 atom stereocenters. The number of hydrogen-bond donors (Lipinski definition) is 1. The van der Waals surface area contributed by atoms with E-state index in [-0.39, 0.29) is 23.7 Å². The van der Waals surface area contributed by atoms with E-state index in [0.29, 0.717) is 18.0 Å². The molecule has 2 aromatic rings. The van der Waals surface area contributed by atoms with Crippen LogP contribution in [0.5, 0.6) is 0 Å². The number of anilines is 2. The SMILES string of the molecule is Cc1cc(NC(=O)C2CC2C(=O)N2CCCc3ccccc32)no1. The highest BCUT2D eigenvalue weighted by Crippen LogP contribution is 2.42. The second-order valence-electron chi connectivity index (χ2n) is 6.48. The van der Waals surface area contributed by atoms with E-state index in [2.05, 4.69) is 16.5 Å². The maximum absolute atomic E-state index is 12.8. The number of rotatable bonds is 3. The summed E-state index contributed by atoms with van der Waals surface area (Å²) in [7, 11) is 0. The van der Waals surface area contributed by atoms with Crippen molar-refractivity contribution in [2.24, 2.45) is 11.8 Å².